The highest BCUT2D eigenvalue weighted by Gasteiger charge is 2.34. The lowest BCUT2D eigenvalue weighted by atomic mass is 10.1. The van der Waals surface area contributed by atoms with Crippen molar-refractivity contribution >= 4 is 73.9 Å². The molecule has 0 aliphatic heterocycles. The molecule has 1 N–H and O–H groups in total. The Morgan fingerprint density at radius 1 is 0.875 bits per heavy atom. The van der Waals surface area contributed by atoms with Crippen LogP contribution in [-0.2, 0) is 26.2 Å². The van der Waals surface area contributed by atoms with Crippen LogP contribution in [0.3, 0.4) is 0 Å². The van der Waals surface area contributed by atoms with Gasteiger partial charge in [-0.1, -0.05) is 77.6 Å². The van der Waals surface area contributed by atoms with Gasteiger partial charge in [0.1, 0.15) is 12.6 Å². The molecule has 3 aromatic carbocycles. The largest absolute Gasteiger partial charge is 0.352 e. The molecule has 214 valence electrons. The minimum Gasteiger partial charge on any atom is -0.352 e. The van der Waals surface area contributed by atoms with E-state index < -0.39 is 34.4 Å². The van der Waals surface area contributed by atoms with Crippen LogP contribution in [0.15, 0.2) is 71.6 Å². The van der Waals surface area contributed by atoms with Crippen molar-refractivity contribution in [1.82, 2.24) is 10.2 Å². The Morgan fingerprint density at radius 3 is 2.12 bits per heavy atom. The number of nitrogens with one attached hydrogen (secondary N) is 1. The van der Waals surface area contributed by atoms with Crippen LogP contribution in [0.2, 0.25) is 20.1 Å². The number of halogens is 4. The Balaban J connectivity index is 2.08. The minimum absolute atomic E-state index is 0.0209. The quantitative estimate of drug-likeness (QED) is 0.248. The van der Waals surface area contributed by atoms with Crippen molar-refractivity contribution in [2.75, 3.05) is 10.8 Å². The molecule has 0 spiro atoms. The summed E-state index contributed by atoms with van der Waals surface area (Å²) in [6.07, 6.45) is 0.686. The van der Waals surface area contributed by atoms with E-state index in [2.05, 4.69) is 5.32 Å². The molecular formula is C28H29Cl4N3O4S. The van der Waals surface area contributed by atoms with E-state index in [-0.39, 0.29) is 33.2 Å². The van der Waals surface area contributed by atoms with Gasteiger partial charge in [0.2, 0.25) is 11.8 Å². The van der Waals surface area contributed by atoms with Crippen LogP contribution in [0.1, 0.15) is 32.8 Å². The van der Waals surface area contributed by atoms with Gasteiger partial charge in [-0.25, -0.2) is 8.42 Å². The molecule has 2 amide bonds. The number of sulfonamides is 1. The Hall–Kier alpha value is -2.49. The van der Waals surface area contributed by atoms with Crippen molar-refractivity contribution in [3.8, 4) is 0 Å². The number of carbonyl (C=O) groups is 2. The Morgan fingerprint density at radius 2 is 1.50 bits per heavy atom. The van der Waals surface area contributed by atoms with Gasteiger partial charge in [0.05, 0.1) is 15.6 Å². The van der Waals surface area contributed by atoms with Gasteiger partial charge in [0.25, 0.3) is 10.0 Å². The third-order valence-electron chi connectivity index (χ3n) is 6.31. The van der Waals surface area contributed by atoms with E-state index >= 15 is 0 Å². The fourth-order valence-corrected chi connectivity index (χ4v) is 6.14. The van der Waals surface area contributed by atoms with Gasteiger partial charge < -0.3 is 10.2 Å². The van der Waals surface area contributed by atoms with Gasteiger partial charge in [0.15, 0.2) is 0 Å². The molecule has 0 saturated heterocycles. The maximum atomic E-state index is 14.0. The van der Waals surface area contributed by atoms with E-state index in [1.54, 1.807) is 37.3 Å². The molecule has 0 radical (unpaired) electrons. The van der Waals surface area contributed by atoms with E-state index in [0.717, 1.165) is 4.31 Å². The standard InChI is InChI=1S/C28H29Cl4N3O4S/c1-4-18(2)33-28(37)19(3)34(16-20-10-11-21(29)14-25(20)32)27(36)17-35(26-15-22(30)12-13-24(26)31)40(38,39)23-8-6-5-7-9-23/h5-15,18-19H,4,16-17H2,1-3H3,(H,33,37)/t18-,19-/m1/s1. The molecular weight excluding hydrogens is 616 g/mol. The predicted octanol–water partition coefficient (Wildman–Crippen LogP) is 6.83. The van der Waals surface area contributed by atoms with Crippen molar-refractivity contribution in [1.29, 1.82) is 0 Å². The number of carbonyl (C=O) groups excluding carboxylic acids is 2. The van der Waals surface area contributed by atoms with Crippen LogP contribution in [0, 0.1) is 0 Å². The zero-order valence-electron chi connectivity index (χ0n) is 22.1. The fourth-order valence-electron chi connectivity index (χ4n) is 3.79. The first kappa shape index (κ1) is 32.0. The van der Waals surface area contributed by atoms with Gasteiger partial charge >= 0.3 is 0 Å². The van der Waals surface area contributed by atoms with Crippen LogP contribution >= 0.6 is 46.4 Å². The highest BCUT2D eigenvalue weighted by Crippen LogP contribution is 2.33. The number of rotatable bonds is 11. The van der Waals surface area contributed by atoms with Gasteiger partial charge in [-0.05, 0) is 68.3 Å². The molecule has 0 fully saturated rings. The Bertz CT molecular complexity index is 1470. The van der Waals surface area contributed by atoms with Crippen molar-refractivity contribution in [2.45, 2.75) is 50.7 Å². The lowest BCUT2D eigenvalue weighted by molar-refractivity contribution is -0.139. The lowest BCUT2D eigenvalue weighted by Gasteiger charge is -2.33. The SMILES string of the molecule is CC[C@@H](C)NC(=O)[C@@H](C)N(Cc1ccc(Cl)cc1Cl)C(=O)CN(c1cc(Cl)ccc1Cl)S(=O)(=O)c1ccccc1. The third-order valence-corrected chi connectivity index (χ3v) is 9.23. The maximum absolute atomic E-state index is 14.0. The zero-order chi connectivity index (χ0) is 29.6. The molecule has 40 heavy (non-hydrogen) atoms. The van der Waals surface area contributed by atoms with Gasteiger partial charge in [-0.3, -0.25) is 13.9 Å². The van der Waals surface area contributed by atoms with E-state index in [1.165, 1.54) is 41.3 Å². The van der Waals surface area contributed by atoms with Crippen LogP contribution in [0.4, 0.5) is 5.69 Å². The normalized spacial score (nSPS) is 12.9. The Labute approximate surface area is 255 Å². The molecule has 0 aliphatic carbocycles. The van der Waals surface area contributed by atoms with E-state index in [1.807, 2.05) is 13.8 Å². The second-order valence-electron chi connectivity index (χ2n) is 9.17. The topological polar surface area (TPSA) is 86.8 Å². The number of hydrogen-bond donors (Lipinski definition) is 1. The van der Waals surface area contributed by atoms with Crippen LogP contribution in [-0.4, -0.2) is 43.8 Å². The summed E-state index contributed by atoms with van der Waals surface area (Å²) >= 11 is 25.1. The first-order valence-corrected chi connectivity index (χ1v) is 15.4. The molecule has 0 saturated carbocycles. The van der Waals surface area contributed by atoms with Crippen LogP contribution in [0.5, 0.6) is 0 Å². The second kappa shape index (κ2) is 13.9. The molecule has 3 rings (SSSR count). The molecule has 3 aromatic rings. The van der Waals surface area contributed by atoms with Gasteiger partial charge in [0, 0.05) is 27.7 Å². The van der Waals surface area contributed by atoms with Crippen molar-refractivity contribution in [3.05, 3.63) is 92.4 Å². The molecule has 0 heterocycles. The number of benzene rings is 3. The number of hydrogen-bond acceptors (Lipinski definition) is 4. The second-order valence-corrected chi connectivity index (χ2v) is 12.7. The molecule has 0 aliphatic rings. The molecule has 0 bridgehead atoms. The summed E-state index contributed by atoms with van der Waals surface area (Å²) in [5.41, 5.74) is 0.549. The number of nitrogens with zero attached hydrogens (tertiary/aromatic N) is 2. The van der Waals surface area contributed by atoms with Crippen molar-refractivity contribution in [3.63, 3.8) is 0 Å². The van der Waals surface area contributed by atoms with Gasteiger partial charge in [-0.2, -0.15) is 0 Å². The summed E-state index contributed by atoms with van der Waals surface area (Å²) < 4.78 is 28.6. The summed E-state index contributed by atoms with van der Waals surface area (Å²) in [5.74, 6) is -1.06. The summed E-state index contributed by atoms with van der Waals surface area (Å²) in [7, 11) is -4.28. The average Bonchev–Trinajstić information content (AvgIpc) is 2.92. The highest BCUT2D eigenvalue weighted by molar-refractivity contribution is 7.92. The van der Waals surface area contributed by atoms with E-state index in [0.29, 0.717) is 22.0 Å². The highest BCUT2D eigenvalue weighted by atomic mass is 35.5. The van der Waals surface area contributed by atoms with Crippen LogP contribution in [0.25, 0.3) is 0 Å². The zero-order valence-corrected chi connectivity index (χ0v) is 25.9. The van der Waals surface area contributed by atoms with E-state index in [9.17, 15) is 18.0 Å². The molecule has 0 aromatic heterocycles. The lowest BCUT2D eigenvalue weighted by Crippen LogP contribution is -2.52. The predicted molar refractivity (Wildman–Crippen MR) is 162 cm³/mol. The number of amides is 2. The fraction of sp³-hybridized carbons (Fsp3) is 0.286. The summed E-state index contributed by atoms with van der Waals surface area (Å²) in [4.78, 5) is 28.3. The molecule has 12 heteroatoms. The van der Waals surface area contributed by atoms with Gasteiger partial charge in [-0.15, -0.1) is 0 Å². The maximum Gasteiger partial charge on any atom is 0.264 e. The van der Waals surface area contributed by atoms with Crippen LogP contribution < -0.4 is 9.62 Å². The smallest absolute Gasteiger partial charge is 0.264 e. The Kier molecular flexibility index (Phi) is 11.1. The third kappa shape index (κ3) is 7.83. The molecule has 2 atom stereocenters. The van der Waals surface area contributed by atoms with Crippen molar-refractivity contribution in [2.24, 2.45) is 0 Å². The molecule has 7 nitrogen and oxygen atoms in total. The van der Waals surface area contributed by atoms with E-state index in [4.69, 9.17) is 46.4 Å². The summed E-state index contributed by atoms with van der Waals surface area (Å²) in [6.45, 7) is 4.60. The summed E-state index contributed by atoms with van der Waals surface area (Å²) in [6, 6.07) is 15.7. The summed E-state index contributed by atoms with van der Waals surface area (Å²) in [5, 5.41) is 3.88. The first-order valence-electron chi connectivity index (χ1n) is 12.4. The average molecular weight is 645 g/mol. The number of anilines is 1. The van der Waals surface area contributed by atoms with Crippen molar-refractivity contribution < 1.29 is 18.0 Å². The first-order chi connectivity index (χ1) is 18.8. The molecule has 0 unspecified atom stereocenters. The monoisotopic (exact) mass is 643 g/mol. The minimum atomic E-state index is -4.28.